The van der Waals surface area contributed by atoms with Crippen LogP contribution in [0, 0.1) is 0 Å². The van der Waals surface area contributed by atoms with Gasteiger partial charge >= 0.3 is 6.09 Å². The molecule has 3 aromatic rings. The summed E-state index contributed by atoms with van der Waals surface area (Å²) in [4.78, 5) is 18.4. The van der Waals surface area contributed by atoms with E-state index in [9.17, 15) is 18.3 Å². The van der Waals surface area contributed by atoms with E-state index >= 15 is 0 Å². The van der Waals surface area contributed by atoms with Crippen LogP contribution >= 0.6 is 0 Å². The van der Waals surface area contributed by atoms with Gasteiger partial charge in [0.1, 0.15) is 5.82 Å². The lowest BCUT2D eigenvalue weighted by Crippen LogP contribution is -2.41. The molecule has 5 rings (SSSR count). The summed E-state index contributed by atoms with van der Waals surface area (Å²) >= 11 is 0. The predicted octanol–water partition coefficient (Wildman–Crippen LogP) is 3.22. The number of sulfone groups is 1. The average Bonchev–Trinajstić information content (AvgIpc) is 3.45. The summed E-state index contributed by atoms with van der Waals surface area (Å²) in [5.41, 5.74) is 3.27. The van der Waals surface area contributed by atoms with E-state index in [2.05, 4.69) is 16.6 Å². The summed E-state index contributed by atoms with van der Waals surface area (Å²) in [5, 5.41) is 14.1. The van der Waals surface area contributed by atoms with Crippen LogP contribution in [-0.4, -0.2) is 56.5 Å². The molecule has 0 radical (unpaired) electrons. The van der Waals surface area contributed by atoms with Gasteiger partial charge in [-0.05, 0) is 44.4 Å². The van der Waals surface area contributed by atoms with Gasteiger partial charge in [0.25, 0.3) is 0 Å². The van der Waals surface area contributed by atoms with Crippen molar-refractivity contribution in [1.82, 2.24) is 19.3 Å². The fourth-order valence-corrected chi connectivity index (χ4v) is 6.89. The molecule has 9 nitrogen and oxygen atoms in total. The van der Waals surface area contributed by atoms with Gasteiger partial charge in [0.15, 0.2) is 9.84 Å². The fraction of sp³-hybridized carbons (Fsp3) is 0.500. The van der Waals surface area contributed by atoms with Crippen molar-refractivity contribution in [2.45, 2.75) is 57.7 Å². The molecule has 2 aliphatic heterocycles. The Bertz CT molecular complexity index is 1280. The highest BCUT2D eigenvalue weighted by Crippen LogP contribution is 2.39. The van der Waals surface area contributed by atoms with E-state index in [1.54, 1.807) is 6.20 Å². The largest absolute Gasteiger partial charge is 0.465 e. The zero-order valence-corrected chi connectivity index (χ0v) is 19.0. The van der Waals surface area contributed by atoms with Crippen molar-refractivity contribution in [1.29, 1.82) is 0 Å². The zero-order valence-electron chi connectivity index (χ0n) is 18.2. The summed E-state index contributed by atoms with van der Waals surface area (Å²) < 4.78 is 28.5. The number of hydrogen-bond acceptors (Lipinski definition) is 5. The SMILES string of the molecule is CC(Cn1cccn1)c1nc2c3c(ccc2n1[C@H]1CCS(=O)(=O)C1)N(C(=O)O)[C@@H](C)CC3. The Kier molecular flexibility index (Phi) is 4.99. The van der Waals surface area contributed by atoms with E-state index in [-0.39, 0.29) is 29.5 Å². The molecule has 2 aliphatic rings. The van der Waals surface area contributed by atoms with E-state index < -0.39 is 15.9 Å². The number of carbonyl (C=O) groups is 1. The first kappa shape index (κ1) is 21.0. The number of anilines is 1. The third-order valence-corrected chi connectivity index (χ3v) is 8.47. The molecular weight excluding hydrogens is 430 g/mol. The fourth-order valence-electron chi connectivity index (χ4n) is 5.19. The first-order valence-electron chi connectivity index (χ1n) is 11.0. The van der Waals surface area contributed by atoms with Gasteiger partial charge in [-0.15, -0.1) is 0 Å². The van der Waals surface area contributed by atoms with Crippen molar-refractivity contribution in [2.24, 2.45) is 0 Å². The highest BCUT2D eigenvalue weighted by molar-refractivity contribution is 7.91. The molecule has 0 aliphatic carbocycles. The third kappa shape index (κ3) is 3.46. The molecule has 1 aromatic carbocycles. The zero-order chi connectivity index (χ0) is 22.6. The maximum absolute atomic E-state index is 12.3. The summed E-state index contributed by atoms with van der Waals surface area (Å²) in [5.74, 6) is 1.11. The molecule has 1 amide bonds. The van der Waals surface area contributed by atoms with Gasteiger partial charge in [0.05, 0.1) is 40.8 Å². The van der Waals surface area contributed by atoms with Crippen molar-refractivity contribution >= 4 is 32.7 Å². The molecule has 1 fully saturated rings. The van der Waals surface area contributed by atoms with Crippen molar-refractivity contribution in [3.63, 3.8) is 0 Å². The molecule has 10 heteroatoms. The van der Waals surface area contributed by atoms with Crippen LogP contribution < -0.4 is 4.90 Å². The molecule has 0 bridgehead atoms. The van der Waals surface area contributed by atoms with Gasteiger partial charge in [-0.2, -0.15) is 5.10 Å². The summed E-state index contributed by atoms with van der Waals surface area (Å²) in [6.45, 7) is 4.61. The molecular formula is C22H27N5O4S. The number of nitrogens with zero attached hydrogens (tertiary/aromatic N) is 5. The molecule has 0 spiro atoms. The van der Waals surface area contributed by atoms with Gasteiger partial charge in [0.2, 0.25) is 0 Å². The lowest BCUT2D eigenvalue weighted by Gasteiger charge is -2.33. The number of aromatic nitrogens is 4. The van der Waals surface area contributed by atoms with Crippen molar-refractivity contribution < 1.29 is 18.3 Å². The second kappa shape index (κ2) is 7.61. The first-order valence-corrected chi connectivity index (χ1v) is 12.8. The van der Waals surface area contributed by atoms with E-state index in [1.165, 1.54) is 4.90 Å². The Morgan fingerprint density at radius 3 is 2.78 bits per heavy atom. The maximum atomic E-state index is 12.3. The van der Waals surface area contributed by atoms with Crippen LogP contribution in [0.2, 0.25) is 0 Å². The van der Waals surface area contributed by atoms with Crippen molar-refractivity contribution in [3.05, 3.63) is 42.0 Å². The lowest BCUT2D eigenvalue weighted by atomic mass is 9.95. The van der Waals surface area contributed by atoms with Crippen LogP contribution in [0.25, 0.3) is 11.0 Å². The Morgan fingerprint density at radius 1 is 1.31 bits per heavy atom. The maximum Gasteiger partial charge on any atom is 0.412 e. The summed E-state index contributed by atoms with van der Waals surface area (Å²) in [7, 11) is -3.08. The highest BCUT2D eigenvalue weighted by atomic mass is 32.2. The Hall–Kier alpha value is -2.88. The topological polar surface area (TPSA) is 110 Å². The Balaban J connectivity index is 1.67. The number of amides is 1. The molecule has 1 saturated heterocycles. The molecule has 32 heavy (non-hydrogen) atoms. The summed E-state index contributed by atoms with van der Waals surface area (Å²) in [6, 6.07) is 5.36. The van der Waals surface area contributed by atoms with Gasteiger partial charge in [-0.3, -0.25) is 9.58 Å². The van der Waals surface area contributed by atoms with Gasteiger partial charge < -0.3 is 9.67 Å². The Labute approximate surface area is 186 Å². The van der Waals surface area contributed by atoms with Gasteiger partial charge in [-0.25, -0.2) is 18.2 Å². The number of imidazole rings is 1. The third-order valence-electron chi connectivity index (χ3n) is 6.72. The average molecular weight is 458 g/mol. The lowest BCUT2D eigenvalue weighted by molar-refractivity contribution is 0.198. The second-order valence-electron chi connectivity index (χ2n) is 9.00. The minimum absolute atomic E-state index is 0.000606. The predicted molar refractivity (Wildman–Crippen MR) is 121 cm³/mol. The minimum Gasteiger partial charge on any atom is -0.465 e. The smallest absolute Gasteiger partial charge is 0.412 e. The number of fused-ring (bicyclic) bond motifs is 3. The Morgan fingerprint density at radius 2 is 2.12 bits per heavy atom. The van der Waals surface area contributed by atoms with E-state index in [0.717, 1.165) is 35.3 Å². The molecule has 2 aromatic heterocycles. The molecule has 3 atom stereocenters. The number of benzene rings is 1. The van der Waals surface area contributed by atoms with E-state index in [0.29, 0.717) is 18.7 Å². The molecule has 1 unspecified atom stereocenters. The van der Waals surface area contributed by atoms with Crippen LogP contribution in [0.5, 0.6) is 0 Å². The number of carboxylic acid groups (broad SMARTS) is 1. The first-order chi connectivity index (χ1) is 15.2. The molecule has 4 heterocycles. The molecule has 1 N–H and O–H groups in total. The van der Waals surface area contributed by atoms with Crippen LogP contribution in [0.15, 0.2) is 30.6 Å². The van der Waals surface area contributed by atoms with Gasteiger partial charge in [0, 0.05) is 29.9 Å². The quantitative estimate of drug-likeness (QED) is 0.644. The van der Waals surface area contributed by atoms with Crippen LogP contribution in [-0.2, 0) is 22.8 Å². The van der Waals surface area contributed by atoms with Gasteiger partial charge in [-0.1, -0.05) is 6.92 Å². The van der Waals surface area contributed by atoms with Crippen LogP contribution in [0.1, 0.15) is 50.0 Å². The number of rotatable bonds is 4. The number of hydrogen-bond donors (Lipinski definition) is 1. The van der Waals surface area contributed by atoms with E-state index in [4.69, 9.17) is 4.98 Å². The van der Waals surface area contributed by atoms with E-state index in [1.807, 2.05) is 36.0 Å². The molecule has 170 valence electrons. The standard InChI is InChI=1S/C22H27N5O4S/c1-14(12-25-10-3-9-23-25)21-24-20-17-5-4-15(2)26(22(28)29)18(17)6-7-19(20)27(21)16-8-11-32(30,31)13-16/h3,6-7,9-10,14-16H,4-5,8,11-13H2,1-2H3,(H,28,29)/t14?,15-,16-/m0/s1. The monoisotopic (exact) mass is 457 g/mol. The van der Waals surface area contributed by atoms with Crippen molar-refractivity contribution in [3.8, 4) is 0 Å². The second-order valence-corrected chi connectivity index (χ2v) is 11.2. The highest BCUT2D eigenvalue weighted by Gasteiger charge is 2.35. The van der Waals surface area contributed by atoms with Crippen LogP contribution in [0.4, 0.5) is 10.5 Å². The molecule has 0 saturated carbocycles. The normalized spacial score (nSPS) is 23.4. The van der Waals surface area contributed by atoms with Crippen LogP contribution in [0.3, 0.4) is 0 Å². The minimum atomic E-state index is -3.08. The number of aryl methyl sites for hydroxylation is 1. The summed E-state index contributed by atoms with van der Waals surface area (Å²) in [6.07, 6.45) is 4.69. The van der Waals surface area contributed by atoms with Crippen molar-refractivity contribution in [2.75, 3.05) is 16.4 Å².